The van der Waals surface area contributed by atoms with E-state index in [4.69, 9.17) is 10.2 Å². The second-order valence-electron chi connectivity index (χ2n) is 2.98. The van der Waals surface area contributed by atoms with Crippen LogP contribution in [0.5, 0.6) is 5.75 Å². The number of aliphatic carboxylic acids is 1. The van der Waals surface area contributed by atoms with E-state index in [0.717, 1.165) is 6.42 Å². The molecule has 2 N–H and O–H groups in total. The van der Waals surface area contributed by atoms with Gasteiger partial charge in [0.1, 0.15) is 5.75 Å². The number of phenols is 1. The topological polar surface area (TPSA) is 57.5 Å². The van der Waals surface area contributed by atoms with Gasteiger partial charge in [-0.2, -0.15) is 0 Å². The van der Waals surface area contributed by atoms with Crippen molar-refractivity contribution in [3.8, 4) is 5.75 Å². The quantitative estimate of drug-likeness (QED) is 0.764. The number of carboxylic acids is 1. The lowest BCUT2D eigenvalue weighted by Crippen LogP contribution is -1.90. The molecule has 0 heterocycles. The molecule has 1 aromatic rings. The molecule has 0 fully saturated rings. The molecule has 0 unspecified atom stereocenters. The van der Waals surface area contributed by atoms with Crippen molar-refractivity contribution in [3.05, 3.63) is 29.8 Å². The first kappa shape index (κ1) is 12.5. The number of aromatic hydroxyl groups is 1. The summed E-state index contributed by atoms with van der Waals surface area (Å²) in [5.74, 6) is -0.381. The lowest BCUT2D eigenvalue weighted by Gasteiger charge is -1.89. The summed E-state index contributed by atoms with van der Waals surface area (Å²) < 4.78 is 0. The second kappa shape index (κ2) is 6.95. The SMILES string of the molecule is CCCC(=O)O.Cc1ccc(O)cc1. The number of carboxylic acid groups (broad SMARTS) is 1. The molecule has 0 spiro atoms. The number of rotatable bonds is 2. The van der Waals surface area contributed by atoms with E-state index in [1.165, 1.54) is 5.56 Å². The summed E-state index contributed by atoms with van der Waals surface area (Å²) in [6, 6.07) is 7.09. The van der Waals surface area contributed by atoms with E-state index in [2.05, 4.69) is 0 Å². The minimum Gasteiger partial charge on any atom is -0.508 e. The first-order valence-electron chi connectivity index (χ1n) is 4.53. The Morgan fingerprint density at radius 1 is 1.29 bits per heavy atom. The fraction of sp³-hybridized carbons (Fsp3) is 0.364. The van der Waals surface area contributed by atoms with Crippen LogP contribution in [0.2, 0.25) is 0 Å². The fourth-order valence-electron chi connectivity index (χ4n) is 0.759. The molecule has 14 heavy (non-hydrogen) atoms. The van der Waals surface area contributed by atoms with Gasteiger partial charge in [0.2, 0.25) is 0 Å². The maximum absolute atomic E-state index is 9.60. The van der Waals surface area contributed by atoms with E-state index >= 15 is 0 Å². The van der Waals surface area contributed by atoms with Gasteiger partial charge in [0, 0.05) is 6.42 Å². The molecule has 0 aliphatic rings. The Hall–Kier alpha value is -1.51. The maximum atomic E-state index is 9.60. The molecule has 0 bridgehead atoms. The lowest BCUT2D eigenvalue weighted by molar-refractivity contribution is -0.137. The third-order valence-corrected chi connectivity index (χ3v) is 1.50. The van der Waals surface area contributed by atoms with Crippen molar-refractivity contribution < 1.29 is 15.0 Å². The zero-order valence-corrected chi connectivity index (χ0v) is 8.53. The van der Waals surface area contributed by atoms with Gasteiger partial charge in [-0.3, -0.25) is 4.79 Å². The predicted molar refractivity (Wildman–Crippen MR) is 55.4 cm³/mol. The Balaban J connectivity index is 0.000000255. The summed E-state index contributed by atoms with van der Waals surface area (Å²) in [5.41, 5.74) is 1.17. The maximum Gasteiger partial charge on any atom is 0.303 e. The van der Waals surface area contributed by atoms with Crippen molar-refractivity contribution in [3.63, 3.8) is 0 Å². The molecule has 78 valence electrons. The van der Waals surface area contributed by atoms with Crippen LogP contribution in [0.15, 0.2) is 24.3 Å². The number of phenolic OH excluding ortho intramolecular Hbond substituents is 1. The number of hydrogen-bond acceptors (Lipinski definition) is 2. The number of hydrogen-bond donors (Lipinski definition) is 2. The zero-order chi connectivity index (χ0) is 11.0. The van der Waals surface area contributed by atoms with Crippen molar-refractivity contribution in [2.24, 2.45) is 0 Å². The highest BCUT2D eigenvalue weighted by Gasteiger charge is 1.87. The molecule has 0 radical (unpaired) electrons. The van der Waals surface area contributed by atoms with Gasteiger partial charge in [0.05, 0.1) is 0 Å². The minimum atomic E-state index is -0.711. The van der Waals surface area contributed by atoms with Gasteiger partial charge in [0.25, 0.3) is 0 Å². The van der Waals surface area contributed by atoms with Gasteiger partial charge >= 0.3 is 5.97 Å². The van der Waals surface area contributed by atoms with Crippen LogP contribution in [-0.4, -0.2) is 16.2 Å². The minimum absolute atomic E-state index is 0.292. The molecule has 1 aromatic carbocycles. The van der Waals surface area contributed by atoms with Crippen LogP contribution in [0.1, 0.15) is 25.3 Å². The largest absolute Gasteiger partial charge is 0.508 e. The zero-order valence-electron chi connectivity index (χ0n) is 8.53. The Morgan fingerprint density at radius 2 is 1.79 bits per heavy atom. The van der Waals surface area contributed by atoms with Crippen LogP contribution in [0.25, 0.3) is 0 Å². The number of aryl methyl sites for hydroxylation is 1. The van der Waals surface area contributed by atoms with Crippen LogP contribution >= 0.6 is 0 Å². The molecule has 0 aliphatic heterocycles. The average molecular weight is 196 g/mol. The van der Waals surface area contributed by atoms with Crippen molar-refractivity contribution in [1.29, 1.82) is 0 Å². The lowest BCUT2D eigenvalue weighted by atomic mass is 10.2. The van der Waals surface area contributed by atoms with Crippen LogP contribution in [-0.2, 0) is 4.79 Å². The summed E-state index contributed by atoms with van der Waals surface area (Å²) in [6.07, 6.45) is 1.02. The predicted octanol–water partition coefficient (Wildman–Crippen LogP) is 2.57. The fourth-order valence-corrected chi connectivity index (χ4v) is 0.759. The normalized spacial score (nSPS) is 8.71. The third kappa shape index (κ3) is 7.16. The molecule has 3 heteroatoms. The molecule has 0 saturated heterocycles. The molecular weight excluding hydrogens is 180 g/mol. The summed E-state index contributed by atoms with van der Waals surface area (Å²) in [4.78, 5) is 9.60. The van der Waals surface area contributed by atoms with Crippen LogP contribution < -0.4 is 0 Å². The molecule has 0 aliphatic carbocycles. The van der Waals surface area contributed by atoms with Gasteiger partial charge in [-0.25, -0.2) is 0 Å². The highest BCUT2D eigenvalue weighted by molar-refractivity contribution is 5.66. The summed E-state index contributed by atoms with van der Waals surface area (Å²) >= 11 is 0. The van der Waals surface area contributed by atoms with Gasteiger partial charge in [-0.1, -0.05) is 24.6 Å². The van der Waals surface area contributed by atoms with Crippen LogP contribution in [0, 0.1) is 6.92 Å². The van der Waals surface area contributed by atoms with Gasteiger partial charge in [0.15, 0.2) is 0 Å². The Labute approximate surface area is 84.0 Å². The van der Waals surface area contributed by atoms with Gasteiger partial charge < -0.3 is 10.2 Å². The van der Waals surface area contributed by atoms with E-state index in [0.29, 0.717) is 12.2 Å². The van der Waals surface area contributed by atoms with E-state index in [1.54, 1.807) is 12.1 Å². The Kier molecular flexibility index (Phi) is 6.20. The second-order valence-corrected chi connectivity index (χ2v) is 2.98. The first-order valence-corrected chi connectivity index (χ1v) is 4.53. The number of benzene rings is 1. The standard InChI is InChI=1S/C7H8O.C4H8O2/c1-6-2-4-7(8)5-3-6;1-2-3-4(5)6/h2-5,8H,1H3;2-3H2,1H3,(H,5,6). The van der Waals surface area contributed by atoms with E-state index in [9.17, 15) is 4.79 Å². The Morgan fingerprint density at radius 3 is 2.00 bits per heavy atom. The van der Waals surface area contributed by atoms with E-state index in [-0.39, 0.29) is 0 Å². The summed E-state index contributed by atoms with van der Waals surface area (Å²) in [5, 5.41) is 16.7. The smallest absolute Gasteiger partial charge is 0.303 e. The van der Waals surface area contributed by atoms with Crippen molar-refractivity contribution in [2.75, 3.05) is 0 Å². The average Bonchev–Trinajstić information content (AvgIpc) is 2.11. The number of carbonyl (C=O) groups is 1. The van der Waals surface area contributed by atoms with Crippen molar-refractivity contribution in [1.82, 2.24) is 0 Å². The molecule has 0 aromatic heterocycles. The monoisotopic (exact) mass is 196 g/mol. The van der Waals surface area contributed by atoms with Gasteiger partial charge in [-0.05, 0) is 25.5 Å². The molecule has 0 saturated carbocycles. The van der Waals surface area contributed by atoms with Crippen molar-refractivity contribution in [2.45, 2.75) is 26.7 Å². The highest BCUT2D eigenvalue weighted by Crippen LogP contribution is 2.07. The highest BCUT2D eigenvalue weighted by atomic mass is 16.4. The van der Waals surface area contributed by atoms with Crippen LogP contribution in [0.4, 0.5) is 0 Å². The molecule has 1 rings (SSSR count). The summed E-state index contributed by atoms with van der Waals surface area (Å²) in [7, 11) is 0. The molecule has 3 nitrogen and oxygen atoms in total. The van der Waals surface area contributed by atoms with Crippen LogP contribution in [0.3, 0.4) is 0 Å². The first-order chi connectivity index (χ1) is 6.56. The van der Waals surface area contributed by atoms with Crippen molar-refractivity contribution >= 4 is 5.97 Å². The summed E-state index contributed by atoms with van der Waals surface area (Å²) in [6.45, 7) is 3.83. The van der Waals surface area contributed by atoms with E-state index in [1.807, 2.05) is 26.0 Å². The third-order valence-electron chi connectivity index (χ3n) is 1.50. The van der Waals surface area contributed by atoms with E-state index < -0.39 is 5.97 Å². The molecular formula is C11H16O3. The van der Waals surface area contributed by atoms with Gasteiger partial charge in [-0.15, -0.1) is 0 Å². The molecule has 0 atom stereocenters. The Bertz CT molecular complexity index is 243. The molecule has 0 amide bonds.